The van der Waals surface area contributed by atoms with E-state index in [4.69, 9.17) is 4.42 Å². The fraction of sp³-hybridized carbons (Fsp3) is 0.600. The van der Waals surface area contributed by atoms with E-state index in [0.29, 0.717) is 5.92 Å². The fourth-order valence-corrected chi connectivity index (χ4v) is 1.95. The Morgan fingerprint density at radius 1 is 1.43 bits per heavy atom. The highest BCUT2D eigenvalue weighted by Crippen LogP contribution is 2.35. The van der Waals surface area contributed by atoms with E-state index >= 15 is 0 Å². The Morgan fingerprint density at radius 2 is 2.14 bits per heavy atom. The van der Waals surface area contributed by atoms with Gasteiger partial charge in [0.2, 0.25) is 0 Å². The van der Waals surface area contributed by atoms with E-state index in [9.17, 15) is 0 Å². The van der Waals surface area contributed by atoms with E-state index in [0.717, 1.165) is 17.2 Å². The summed E-state index contributed by atoms with van der Waals surface area (Å²) in [5, 5.41) is 6.36. The van der Waals surface area contributed by atoms with Gasteiger partial charge in [-0.3, -0.25) is 5.01 Å². The van der Waals surface area contributed by atoms with Crippen LogP contribution in [0.4, 0.5) is 0 Å². The molecule has 4 heteroatoms. The molecule has 14 heavy (non-hydrogen) atoms. The van der Waals surface area contributed by atoms with Gasteiger partial charge in [-0.2, -0.15) is 5.10 Å². The third-order valence-electron chi connectivity index (χ3n) is 2.90. The van der Waals surface area contributed by atoms with Gasteiger partial charge in [0, 0.05) is 18.7 Å². The van der Waals surface area contributed by atoms with Crippen molar-refractivity contribution in [3.63, 3.8) is 0 Å². The summed E-state index contributed by atoms with van der Waals surface area (Å²) in [6.07, 6.45) is 1.50. The van der Waals surface area contributed by atoms with Gasteiger partial charge in [0.1, 0.15) is 6.04 Å². The van der Waals surface area contributed by atoms with E-state index in [2.05, 4.69) is 17.0 Å². The smallest absolute Gasteiger partial charge is 0.181 e. The summed E-state index contributed by atoms with van der Waals surface area (Å²) in [6, 6.07) is 0.206. The predicted molar refractivity (Wildman–Crippen MR) is 54.0 cm³/mol. The summed E-state index contributed by atoms with van der Waals surface area (Å²) in [6.45, 7) is 6.18. The standard InChI is InChI=1S/C10H15N3O/c1-6-7(2)12-13(4)9(6)10-8(3)11-5-14-10/h5-6,9H,1-4H3. The minimum Gasteiger partial charge on any atom is -0.446 e. The van der Waals surface area contributed by atoms with Crippen molar-refractivity contribution < 1.29 is 4.42 Å². The average molecular weight is 193 g/mol. The third kappa shape index (κ3) is 1.22. The van der Waals surface area contributed by atoms with Gasteiger partial charge in [-0.1, -0.05) is 6.92 Å². The van der Waals surface area contributed by atoms with Gasteiger partial charge >= 0.3 is 0 Å². The lowest BCUT2D eigenvalue weighted by atomic mass is 9.96. The van der Waals surface area contributed by atoms with E-state index in [1.54, 1.807) is 0 Å². The van der Waals surface area contributed by atoms with Crippen LogP contribution in [0.15, 0.2) is 15.9 Å². The second kappa shape index (κ2) is 3.12. The molecule has 0 spiro atoms. The molecule has 0 N–H and O–H groups in total. The molecule has 1 aromatic heterocycles. The minimum absolute atomic E-state index is 0.206. The van der Waals surface area contributed by atoms with Crippen molar-refractivity contribution in [3.8, 4) is 0 Å². The van der Waals surface area contributed by atoms with Crippen LogP contribution in [0.2, 0.25) is 0 Å². The Labute approximate surface area is 83.6 Å². The molecule has 0 aliphatic carbocycles. The molecule has 76 valence electrons. The van der Waals surface area contributed by atoms with Crippen molar-refractivity contribution in [3.05, 3.63) is 17.8 Å². The van der Waals surface area contributed by atoms with Crippen LogP contribution >= 0.6 is 0 Å². The number of oxazole rings is 1. The van der Waals surface area contributed by atoms with Crippen molar-refractivity contribution in [2.45, 2.75) is 26.8 Å². The largest absolute Gasteiger partial charge is 0.446 e. The quantitative estimate of drug-likeness (QED) is 0.684. The zero-order chi connectivity index (χ0) is 10.3. The van der Waals surface area contributed by atoms with Crippen molar-refractivity contribution in [1.82, 2.24) is 9.99 Å². The highest BCUT2D eigenvalue weighted by Gasteiger charge is 2.34. The Morgan fingerprint density at radius 3 is 2.57 bits per heavy atom. The van der Waals surface area contributed by atoms with Crippen molar-refractivity contribution >= 4 is 5.71 Å². The second-order valence-corrected chi connectivity index (χ2v) is 3.85. The number of hydrogen-bond donors (Lipinski definition) is 0. The maximum absolute atomic E-state index is 5.41. The predicted octanol–water partition coefficient (Wildman–Crippen LogP) is 1.98. The van der Waals surface area contributed by atoms with Crippen LogP contribution in [0.25, 0.3) is 0 Å². The van der Waals surface area contributed by atoms with Crippen molar-refractivity contribution in [1.29, 1.82) is 0 Å². The molecule has 2 heterocycles. The molecule has 2 rings (SSSR count). The lowest BCUT2D eigenvalue weighted by molar-refractivity contribution is 0.221. The van der Waals surface area contributed by atoms with E-state index < -0.39 is 0 Å². The van der Waals surface area contributed by atoms with Gasteiger partial charge in [0.05, 0.1) is 5.69 Å². The first-order chi connectivity index (χ1) is 6.61. The van der Waals surface area contributed by atoms with Crippen LogP contribution in [0.1, 0.15) is 31.3 Å². The van der Waals surface area contributed by atoms with Gasteiger partial charge in [-0.25, -0.2) is 4.98 Å². The monoisotopic (exact) mass is 193 g/mol. The molecule has 1 aliphatic rings. The Hall–Kier alpha value is -1.32. The van der Waals surface area contributed by atoms with Crippen LogP contribution < -0.4 is 0 Å². The topological polar surface area (TPSA) is 41.6 Å². The summed E-state index contributed by atoms with van der Waals surface area (Å²) in [4.78, 5) is 4.11. The highest BCUT2D eigenvalue weighted by atomic mass is 16.3. The summed E-state index contributed by atoms with van der Waals surface area (Å²) < 4.78 is 5.41. The van der Waals surface area contributed by atoms with Gasteiger partial charge in [0.15, 0.2) is 12.2 Å². The maximum atomic E-state index is 5.41. The van der Waals surface area contributed by atoms with E-state index in [1.807, 2.05) is 25.9 Å². The number of hydrogen-bond acceptors (Lipinski definition) is 4. The molecule has 0 amide bonds. The minimum atomic E-state index is 0.206. The number of aromatic nitrogens is 1. The SMILES string of the molecule is CC1=NN(C)C(c2ocnc2C)C1C. The normalized spacial score (nSPS) is 26.9. The average Bonchev–Trinajstić information content (AvgIpc) is 2.60. The van der Waals surface area contributed by atoms with Gasteiger partial charge < -0.3 is 4.42 Å². The molecular formula is C10H15N3O. The van der Waals surface area contributed by atoms with Crippen LogP contribution in [-0.2, 0) is 0 Å². The van der Waals surface area contributed by atoms with E-state index in [-0.39, 0.29) is 6.04 Å². The molecule has 0 saturated carbocycles. The molecule has 0 bridgehead atoms. The number of nitrogens with zero attached hydrogens (tertiary/aromatic N) is 3. The molecule has 0 saturated heterocycles. The van der Waals surface area contributed by atoms with Crippen LogP contribution in [-0.4, -0.2) is 22.8 Å². The summed E-state index contributed by atoms with van der Waals surface area (Å²) in [7, 11) is 1.97. The zero-order valence-electron chi connectivity index (χ0n) is 8.98. The van der Waals surface area contributed by atoms with Crippen LogP contribution in [0.3, 0.4) is 0 Å². The number of hydrazone groups is 1. The molecule has 0 aromatic carbocycles. The van der Waals surface area contributed by atoms with Crippen molar-refractivity contribution in [2.24, 2.45) is 11.0 Å². The molecule has 0 fully saturated rings. The third-order valence-corrected chi connectivity index (χ3v) is 2.90. The first kappa shape index (κ1) is 9.24. The molecule has 2 unspecified atom stereocenters. The first-order valence-corrected chi connectivity index (χ1v) is 4.79. The zero-order valence-corrected chi connectivity index (χ0v) is 8.98. The summed E-state index contributed by atoms with van der Waals surface area (Å²) >= 11 is 0. The second-order valence-electron chi connectivity index (χ2n) is 3.85. The van der Waals surface area contributed by atoms with Crippen LogP contribution in [0, 0.1) is 12.8 Å². The molecule has 4 nitrogen and oxygen atoms in total. The lowest BCUT2D eigenvalue weighted by Gasteiger charge is -2.20. The lowest BCUT2D eigenvalue weighted by Crippen LogP contribution is -2.20. The number of rotatable bonds is 1. The van der Waals surface area contributed by atoms with Gasteiger partial charge in [0.25, 0.3) is 0 Å². The Balaban J connectivity index is 2.34. The number of aryl methyl sites for hydroxylation is 1. The summed E-state index contributed by atoms with van der Waals surface area (Å²) in [5.41, 5.74) is 2.10. The molecule has 1 aromatic rings. The highest BCUT2D eigenvalue weighted by molar-refractivity contribution is 5.86. The molecular weight excluding hydrogens is 178 g/mol. The fourth-order valence-electron chi connectivity index (χ4n) is 1.95. The van der Waals surface area contributed by atoms with Crippen LogP contribution in [0.5, 0.6) is 0 Å². The van der Waals surface area contributed by atoms with Crippen molar-refractivity contribution in [2.75, 3.05) is 7.05 Å². The maximum Gasteiger partial charge on any atom is 0.181 e. The Bertz CT molecular complexity index is 369. The molecule has 0 radical (unpaired) electrons. The summed E-state index contributed by atoms with van der Waals surface area (Å²) in [5.74, 6) is 1.33. The Kier molecular flexibility index (Phi) is 2.06. The van der Waals surface area contributed by atoms with Gasteiger partial charge in [-0.15, -0.1) is 0 Å². The molecule has 2 atom stereocenters. The van der Waals surface area contributed by atoms with E-state index in [1.165, 1.54) is 6.39 Å². The van der Waals surface area contributed by atoms with Gasteiger partial charge in [-0.05, 0) is 13.8 Å². The first-order valence-electron chi connectivity index (χ1n) is 4.79. The molecule has 1 aliphatic heterocycles.